The third kappa shape index (κ3) is 3.69. The minimum absolute atomic E-state index is 0.271. The Kier molecular flexibility index (Phi) is 5.25. The van der Waals surface area contributed by atoms with Gasteiger partial charge in [-0.3, -0.25) is 9.59 Å². The van der Waals surface area contributed by atoms with E-state index in [4.69, 9.17) is 9.47 Å². The fraction of sp³-hybridized carbons (Fsp3) is 0.214. The lowest BCUT2D eigenvalue weighted by molar-refractivity contribution is -0.117. The molecule has 2 amide bonds. The lowest BCUT2D eigenvalue weighted by atomic mass is 10.2. The highest BCUT2D eigenvalue weighted by molar-refractivity contribution is 9.10. The third-order valence-electron chi connectivity index (χ3n) is 2.69. The van der Waals surface area contributed by atoms with Crippen molar-refractivity contribution in [1.29, 1.82) is 0 Å². The molecule has 0 aromatic heterocycles. The Hall–Kier alpha value is -1.80. The highest BCUT2D eigenvalue weighted by atomic mass is 79.9. The van der Waals surface area contributed by atoms with Crippen LogP contribution in [0.15, 0.2) is 26.5 Å². The Balaban J connectivity index is 2.31. The average Bonchev–Trinajstić information content (AvgIpc) is 2.79. The van der Waals surface area contributed by atoms with Crippen molar-refractivity contribution in [3.05, 3.63) is 27.1 Å². The molecular formula is C14H13BrN2O4S. The molecule has 0 unspecified atom stereocenters. The van der Waals surface area contributed by atoms with Crippen LogP contribution in [-0.4, -0.2) is 31.2 Å². The van der Waals surface area contributed by atoms with Crippen LogP contribution in [0, 0.1) is 0 Å². The number of amides is 2. The summed E-state index contributed by atoms with van der Waals surface area (Å²) >= 11 is 4.54. The van der Waals surface area contributed by atoms with Gasteiger partial charge in [0.15, 0.2) is 16.7 Å². The molecule has 0 aliphatic carbocycles. The number of carbonyl (C=O) groups is 2. The molecule has 1 aromatic rings. The van der Waals surface area contributed by atoms with Crippen molar-refractivity contribution in [2.45, 2.75) is 6.92 Å². The van der Waals surface area contributed by atoms with Gasteiger partial charge in [0.2, 0.25) is 5.91 Å². The summed E-state index contributed by atoms with van der Waals surface area (Å²) in [6.45, 7) is 1.36. The monoisotopic (exact) mass is 384 g/mol. The number of benzene rings is 1. The molecule has 6 nitrogen and oxygen atoms in total. The van der Waals surface area contributed by atoms with E-state index in [1.807, 2.05) is 0 Å². The first-order valence-electron chi connectivity index (χ1n) is 6.16. The van der Waals surface area contributed by atoms with Crippen molar-refractivity contribution < 1.29 is 19.1 Å². The zero-order valence-electron chi connectivity index (χ0n) is 12.1. The smallest absolute Gasteiger partial charge is 0.286 e. The maximum absolute atomic E-state index is 11.9. The summed E-state index contributed by atoms with van der Waals surface area (Å²) in [4.78, 5) is 27.1. The molecule has 1 aliphatic rings. The number of methoxy groups -OCH3 is 2. The largest absolute Gasteiger partial charge is 0.493 e. The molecule has 22 heavy (non-hydrogen) atoms. The predicted molar refractivity (Wildman–Crippen MR) is 89.1 cm³/mol. The van der Waals surface area contributed by atoms with E-state index in [9.17, 15) is 9.59 Å². The number of hydrogen-bond acceptors (Lipinski definition) is 5. The number of ether oxygens (including phenoxy) is 2. The van der Waals surface area contributed by atoms with Crippen molar-refractivity contribution in [1.82, 2.24) is 5.32 Å². The van der Waals surface area contributed by atoms with E-state index >= 15 is 0 Å². The van der Waals surface area contributed by atoms with Gasteiger partial charge < -0.3 is 14.8 Å². The second-order valence-electron chi connectivity index (χ2n) is 4.24. The molecule has 0 radical (unpaired) electrons. The lowest BCUT2D eigenvalue weighted by Crippen LogP contribution is -2.23. The average molecular weight is 385 g/mol. The Morgan fingerprint density at radius 1 is 1.32 bits per heavy atom. The van der Waals surface area contributed by atoms with E-state index < -0.39 is 5.91 Å². The van der Waals surface area contributed by atoms with Gasteiger partial charge in [0, 0.05) is 11.4 Å². The maximum Gasteiger partial charge on any atom is 0.286 e. The van der Waals surface area contributed by atoms with Gasteiger partial charge in [-0.25, -0.2) is 0 Å². The van der Waals surface area contributed by atoms with Crippen LogP contribution in [0.5, 0.6) is 11.5 Å². The zero-order chi connectivity index (χ0) is 16.3. The van der Waals surface area contributed by atoms with Gasteiger partial charge in [-0.15, -0.1) is 0 Å². The van der Waals surface area contributed by atoms with E-state index in [1.54, 1.807) is 25.3 Å². The minimum atomic E-state index is -0.393. The molecule has 0 saturated heterocycles. The first-order chi connectivity index (χ1) is 10.4. The normalized spacial score (nSPS) is 15.7. The Morgan fingerprint density at radius 3 is 2.55 bits per heavy atom. The van der Waals surface area contributed by atoms with Gasteiger partial charge >= 0.3 is 0 Å². The van der Waals surface area contributed by atoms with Crippen molar-refractivity contribution in [2.75, 3.05) is 14.2 Å². The SMILES string of the molecule is COc1cc(Br)c(/C=C2/SC(NC(C)=O)=NC2=O)cc1OC. The molecular weight excluding hydrogens is 372 g/mol. The molecule has 0 spiro atoms. The summed E-state index contributed by atoms with van der Waals surface area (Å²) in [6.07, 6.45) is 1.68. The van der Waals surface area contributed by atoms with Gasteiger partial charge in [-0.1, -0.05) is 15.9 Å². The topological polar surface area (TPSA) is 77.0 Å². The van der Waals surface area contributed by atoms with Gasteiger partial charge in [0.05, 0.1) is 19.1 Å². The van der Waals surface area contributed by atoms with Crippen LogP contribution in [-0.2, 0) is 9.59 Å². The van der Waals surface area contributed by atoms with Crippen molar-refractivity contribution in [3.63, 3.8) is 0 Å². The number of nitrogens with zero attached hydrogens (tertiary/aromatic N) is 1. The molecule has 1 N–H and O–H groups in total. The second-order valence-corrected chi connectivity index (χ2v) is 6.13. The molecule has 0 fully saturated rings. The van der Waals surface area contributed by atoms with Crippen molar-refractivity contribution >= 4 is 50.7 Å². The summed E-state index contributed by atoms with van der Waals surface area (Å²) in [7, 11) is 3.09. The van der Waals surface area contributed by atoms with E-state index in [1.165, 1.54) is 14.0 Å². The molecule has 1 heterocycles. The van der Waals surface area contributed by atoms with Crippen molar-refractivity contribution in [3.8, 4) is 11.5 Å². The number of thioether (sulfide) groups is 1. The molecule has 0 bridgehead atoms. The fourth-order valence-electron chi connectivity index (χ4n) is 1.73. The highest BCUT2D eigenvalue weighted by Gasteiger charge is 2.23. The number of aliphatic imine (C=N–C) groups is 1. The van der Waals surface area contributed by atoms with E-state index in [2.05, 4.69) is 26.2 Å². The van der Waals surface area contributed by atoms with Crippen LogP contribution in [0.25, 0.3) is 6.08 Å². The number of amidine groups is 1. The number of rotatable bonds is 3. The first-order valence-corrected chi connectivity index (χ1v) is 7.77. The molecule has 0 atom stereocenters. The quantitative estimate of drug-likeness (QED) is 0.810. The second kappa shape index (κ2) is 6.97. The molecule has 1 aliphatic heterocycles. The summed E-state index contributed by atoms with van der Waals surface area (Å²) < 4.78 is 11.2. The Bertz CT molecular complexity index is 700. The van der Waals surface area contributed by atoms with Crippen LogP contribution in [0.4, 0.5) is 0 Å². The van der Waals surface area contributed by atoms with Gasteiger partial charge in [-0.05, 0) is 35.5 Å². The number of hydrogen-bond donors (Lipinski definition) is 1. The molecule has 0 saturated carbocycles. The van der Waals surface area contributed by atoms with Crippen LogP contribution in [0.2, 0.25) is 0 Å². The molecule has 8 heteroatoms. The van der Waals surface area contributed by atoms with Crippen LogP contribution >= 0.6 is 27.7 Å². The number of halogens is 1. The zero-order valence-corrected chi connectivity index (χ0v) is 14.5. The van der Waals surface area contributed by atoms with Crippen LogP contribution < -0.4 is 14.8 Å². The van der Waals surface area contributed by atoms with Crippen LogP contribution in [0.1, 0.15) is 12.5 Å². The Morgan fingerprint density at radius 2 is 1.95 bits per heavy atom. The van der Waals surface area contributed by atoms with E-state index in [-0.39, 0.29) is 11.1 Å². The highest BCUT2D eigenvalue weighted by Crippen LogP contribution is 2.36. The van der Waals surface area contributed by atoms with E-state index in [0.29, 0.717) is 16.4 Å². The van der Waals surface area contributed by atoms with Gasteiger partial charge in [0.25, 0.3) is 5.91 Å². The summed E-state index contributed by atoms with van der Waals surface area (Å²) in [5, 5.41) is 2.78. The lowest BCUT2D eigenvalue weighted by Gasteiger charge is -2.10. The van der Waals surface area contributed by atoms with Gasteiger partial charge in [0.1, 0.15) is 0 Å². The molecule has 116 valence electrons. The van der Waals surface area contributed by atoms with Gasteiger partial charge in [-0.2, -0.15) is 4.99 Å². The number of carbonyl (C=O) groups excluding carboxylic acids is 2. The van der Waals surface area contributed by atoms with Crippen molar-refractivity contribution in [2.24, 2.45) is 4.99 Å². The predicted octanol–water partition coefficient (Wildman–Crippen LogP) is 2.57. The Labute approximate surface area is 140 Å². The standard InChI is InChI=1S/C14H13BrN2O4S/c1-7(18)16-14-17-13(19)12(22-14)5-8-4-10(20-2)11(21-3)6-9(8)15/h4-6H,1-3H3,(H,16,17,18,19)/b12-5+. The summed E-state index contributed by atoms with van der Waals surface area (Å²) in [5.41, 5.74) is 0.743. The molecule has 2 rings (SSSR count). The fourth-order valence-corrected chi connectivity index (χ4v) is 3.02. The maximum atomic E-state index is 11.9. The minimum Gasteiger partial charge on any atom is -0.493 e. The molecule has 1 aromatic carbocycles. The summed E-state index contributed by atoms with van der Waals surface area (Å²) in [5.74, 6) is 0.469. The number of nitrogens with one attached hydrogen (secondary N) is 1. The summed E-state index contributed by atoms with van der Waals surface area (Å²) in [6, 6.07) is 3.51. The third-order valence-corrected chi connectivity index (χ3v) is 4.28. The van der Waals surface area contributed by atoms with Crippen LogP contribution in [0.3, 0.4) is 0 Å². The first kappa shape index (κ1) is 16.6. The van der Waals surface area contributed by atoms with E-state index in [0.717, 1.165) is 21.8 Å².